The van der Waals surface area contributed by atoms with E-state index in [9.17, 15) is 4.79 Å². The second kappa shape index (κ2) is 7.06. The molecule has 0 heterocycles. The summed E-state index contributed by atoms with van der Waals surface area (Å²) in [5.41, 5.74) is 0. The lowest BCUT2D eigenvalue weighted by Gasteiger charge is -2.12. The quantitative estimate of drug-likeness (QED) is 0.583. The van der Waals surface area contributed by atoms with Gasteiger partial charge in [-0.2, -0.15) is 0 Å². The Bertz CT molecular complexity index is 128. The topological polar surface area (TPSA) is 50.4 Å². The highest BCUT2D eigenvalue weighted by atomic mass is 16.5. The molecule has 1 amide bonds. The molecule has 0 radical (unpaired) electrons. The largest absolute Gasteiger partial charge is 0.380 e. The van der Waals surface area contributed by atoms with E-state index in [1.165, 1.54) is 0 Å². The van der Waals surface area contributed by atoms with E-state index in [0.717, 1.165) is 0 Å². The average molecular weight is 174 g/mol. The van der Waals surface area contributed by atoms with Crippen LogP contribution in [0, 0.1) is 0 Å². The molecule has 1 atom stereocenters. The van der Waals surface area contributed by atoms with Crippen molar-refractivity contribution in [3.8, 4) is 0 Å². The lowest BCUT2D eigenvalue weighted by molar-refractivity contribution is -0.121. The van der Waals surface area contributed by atoms with Crippen LogP contribution in [0.25, 0.3) is 0 Å². The van der Waals surface area contributed by atoms with Gasteiger partial charge in [0.1, 0.15) is 0 Å². The van der Waals surface area contributed by atoms with Crippen molar-refractivity contribution in [2.24, 2.45) is 0 Å². The molecule has 4 heteroatoms. The van der Waals surface area contributed by atoms with Gasteiger partial charge in [0.15, 0.2) is 0 Å². The van der Waals surface area contributed by atoms with Gasteiger partial charge in [-0.15, -0.1) is 0 Å². The first-order chi connectivity index (χ1) is 5.70. The lowest BCUT2D eigenvalue weighted by Crippen LogP contribution is -2.40. The molecule has 4 nitrogen and oxygen atoms in total. The summed E-state index contributed by atoms with van der Waals surface area (Å²) in [5, 5.41) is 5.57. The van der Waals surface area contributed by atoms with E-state index in [1.807, 2.05) is 13.8 Å². The maximum atomic E-state index is 11.0. The van der Waals surface area contributed by atoms with Crippen LogP contribution in [-0.2, 0) is 9.53 Å². The second-order valence-corrected chi connectivity index (χ2v) is 2.66. The van der Waals surface area contributed by atoms with Gasteiger partial charge in [0.25, 0.3) is 0 Å². The summed E-state index contributed by atoms with van der Waals surface area (Å²) < 4.78 is 5.14. The van der Waals surface area contributed by atoms with Gasteiger partial charge in [-0.05, 0) is 20.9 Å². The molecule has 0 bridgehead atoms. The van der Waals surface area contributed by atoms with Gasteiger partial charge >= 0.3 is 0 Å². The zero-order chi connectivity index (χ0) is 9.40. The number of nitrogens with one attached hydrogen (secondary N) is 2. The van der Waals surface area contributed by atoms with Crippen molar-refractivity contribution < 1.29 is 9.53 Å². The number of carbonyl (C=O) groups excluding carboxylic acids is 1. The fraction of sp³-hybridized carbons (Fsp3) is 0.875. The van der Waals surface area contributed by atoms with Crippen molar-refractivity contribution >= 4 is 5.91 Å². The highest BCUT2D eigenvalue weighted by Crippen LogP contribution is 1.83. The van der Waals surface area contributed by atoms with Crippen LogP contribution in [0.15, 0.2) is 0 Å². The molecule has 0 saturated heterocycles. The molecular weight excluding hydrogens is 156 g/mol. The highest BCUT2D eigenvalue weighted by molar-refractivity contribution is 5.78. The molecule has 0 spiro atoms. The van der Waals surface area contributed by atoms with E-state index in [-0.39, 0.29) is 11.9 Å². The Kier molecular flexibility index (Phi) is 6.70. The molecule has 0 aromatic rings. The average Bonchev–Trinajstić information content (AvgIpc) is 2.01. The summed E-state index contributed by atoms with van der Waals surface area (Å²) >= 11 is 0. The Morgan fingerprint density at radius 1 is 1.58 bits per heavy atom. The molecule has 0 aliphatic rings. The third-order valence-corrected chi connectivity index (χ3v) is 1.32. The Labute approximate surface area is 73.7 Å². The fourth-order valence-corrected chi connectivity index (χ4v) is 0.823. The van der Waals surface area contributed by atoms with Gasteiger partial charge in [0, 0.05) is 12.6 Å². The number of hydrogen-bond donors (Lipinski definition) is 2. The van der Waals surface area contributed by atoms with Crippen LogP contribution >= 0.6 is 0 Å². The third kappa shape index (κ3) is 6.12. The van der Waals surface area contributed by atoms with Crippen LogP contribution in [0.4, 0.5) is 0 Å². The number of amides is 1. The smallest absolute Gasteiger partial charge is 0.234 e. The first-order valence-electron chi connectivity index (χ1n) is 4.22. The molecule has 0 rings (SSSR count). The molecule has 0 fully saturated rings. The van der Waals surface area contributed by atoms with E-state index >= 15 is 0 Å². The van der Waals surface area contributed by atoms with Crippen LogP contribution in [0.5, 0.6) is 0 Å². The Balaban J connectivity index is 3.40. The van der Waals surface area contributed by atoms with Gasteiger partial charge in [-0.3, -0.25) is 4.79 Å². The summed E-state index contributed by atoms with van der Waals surface area (Å²) in [7, 11) is 1.74. The minimum absolute atomic E-state index is 0.00435. The second-order valence-electron chi connectivity index (χ2n) is 2.66. The van der Waals surface area contributed by atoms with E-state index in [1.54, 1.807) is 7.05 Å². The summed E-state index contributed by atoms with van der Waals surface area (Å²) in [4.78, 5) is 11.0. The van der Waals surface area contributed by atoms with Gasteiger partial charge in [-0.25, -0.2) is 0 Å². The predicted molar refractivity (Wildman–Crippen MR) is 48.0 cm³/mol. The van der Waals surface area contributed by atoms with Gasteiger partial charge in [0.2, 0.25) is 5.91 Å². The molecule has 2 N–H and O–H groups in total. The number of ether oxygens (including phenoxy) is 1. The van der Waals surface area contributed by atoms with E-state index in [2.05, 4.69) is 10.6 Å². The van der Waals surface area contributed by atoms with Crippen LogP contribution in [0.3, 0.4) is 0 Å². The lowest BCUT2D eigenvalue weighted by atomic mass is 10.3. The summed E-state index contributed by atoms with van der Waals surface area (Å²) in [6.45, 7) is 5.47. The summed E-state index contributed by atoms with van der Waals surface area (Å²) in [6.07, 6.45) is 0. The molecule has 0 saturated carbocycles. The van der Waals surface area contributed by atoms with Crippen molar-refractivity contribution in [1.29, 1.82) is 0 Å². The number of carbonyl (C=O) groups is 1. The maximum Gasteiger partial charge on any atom is 0.234 e. The van der Waals surface area contributed by atoms with E-state index < -0.39 is 0 Å². The molecule has 72 valence electrons. The van der Waals surface area contributed by atoms with Crippen molar-refractivity contribution in [3.63, 3.8) is 0 Å². The normalized spacial score (nSPS) is 12.6. The van der Waals surface area contributed by atoms with Gasteiger partial charge in [-0.1, -0.05) is 0 Å². The summed E-state index contributed by atoms with van der Waals surface area (Å²) in [6, 6.07) is 0.0887. The van der Waals surface area contributed by atoms with Crippen LogP contribution in [-0.4, -0.2) is 38.8 Å². The van der Waals surface area contributed by atoms with Crippen LogP contribution in [0.2, 0.25) is 0 Å². The van der Waals surface area contributed by atoms with Gasteiger partial charge < -0.3 is 15.4 Å². The number of rotatable bonds is 6. The molecule has 0 aromatic heterocycles. The highest BCUT2D eigenvalue weighted by Gasteiger charge is 2.04. The fourth-order valence-electron chi connectivity index (χ4n) is 0.823. The Hall–Kier alpha value is -0.610. The first-order valence-corrected chi connectivity index (χ1v) is 4.22. The van der Waals surface area contributed by atoms with Crippen molar-refractivity contribution in [3.05, 3.63) is 0 Å². The molecule has 12 heavy (non-hydrogen) atoms. The van der Waals surface area contributed by atoms with Crippen LogP contribution < -0.4 is 10.6 Å². The maximum absolute atomic E-state index is 11.0. The SMILES string of the molecule is CCOCC(C)NC(=O)CNC. The molecule has 0 aliphatic heterocycles. The standard InChI is InChI=1S/C8H18N2O2/c1-4-12-6-7(2)10-8(11)5-9-3/h7,9H,4-6H2,1-3H3,(H,10,11). The van der Waals surface area contributed by atoms with Crippen molar-refractivity contribution in [2.75, 3.05) is 26.8 Å². The third-order valence-electron chi connectivity index (χ3n) is 1.32. The molecule has 0 aromatic carbocycles. The Morgan fingerprint density at radius 2 is 2.25 bits per heavy atom. The zero-order valence-corrected chi connectivity index (χ0v) is 8.02. The molecule has 0 aliphatic carbocycles. The monoisotopic (exact) mass is 174 g/mol. The van der Waals surface area contributed by atoms with Crippen molar-refractivity contribution in [2.45, 2.75) is 19.9 Å². The zero-order valence-electron chi connectivity index (χ0n) is 8.02. The first kappa shape index (κ1) is 11.4. The van der Waals surface area contributed by atoms with E-state index in [4.69, 9.17) is 4.74 Å². The van der Waals surface area contributed by atoms with Crippen LogP contribution in [0.1, 0.15) is 13.8 Å². The predicted octanol–water partition coefficient (Wildman–Crippen LogP) is -0.253. The summed E-state index contributed by atoms with van der Waals surface area (Å²) in [5.74, 6) is 0.00435. The Morgan fingerprint density at radius 3 is 2.75 bits per heavy atom. The molecular formula is C8H18N2O2. The van der Waals surface area contributed by atoms with Crippen molar-refractivity contribution in [1.82, 2.24) is 10.6 Å². The van der Waals surface area contributed by atoms with Gasteiger partial charge in [0.05, 0.1) is 13.2 Å². The number of likely N-dealkylation sites (N-methyl/N-ethyl adjacent to an activating group) is 1. The minimum Gasteiger partial charge on any atom is -0.380 e. The molecule has 1 unspecified atom stereocenters. The minimum atomic E-state index is 0.00435. The number of hydrogen-bond acceptors (Lipinski definition) is 3. The van der Waals surface area contributed by atoms with E-state index in [0.29, 0.717) is 19.8 Å².